The van der Waals surface area contributed by atoms with Gasteiger partial charge >= 0.3 is 0 Å². The molecule has 0 spiro atoms. The molecule has 2 nitrogen and oxygen atoms in total. The second-order valence-corrected chi connectivity index (χ2v) is 5.06. The molecule has 2 heteroatoms. The van der Waals surface area contributed by atoms with Crippen LogP contribution in [0.25, 0.3) is 0 Å². The minimum atomic E-state index is 0.866. The van der Waals surface area contributed by atoms with Crippen LogP contribution in [0.15, 0.2) is 48.5 Å². The molecule has 0 aliphatic carbocycles. The normalized spacial score (nSPS) is 10.3. The molecule has 0 unspecified atom stereocenters. The highest BCUT2D eigenvalue weighted by Gasteiger charge is 2.01. The summed E-state index contributed by atoms with van der Waals surface area (Å²) in [6, 6.07) is 17.3. The van der Waals surface area contributed by atoms with E-state index < -0.39 is 0 Å². The van der Waals surface area contributed by atoms with Crippen molar-refractivity contribution in [1.29, 1.82) is 0 Å². The van der Waals surface area contributed by atoms with Crippen LogP contribution >= 0.6 is 0 Å². The van der Waals surface area contributed by atoms with Crippen molar-refractivity contribution in [3.8, 4) is 0 Å². The van der Waals surface area contributed by atoms with Gasteiger partial charge in [0.1, 0.15) is 0 Å². The van der Waals surface area contributed by atoms with Crippen LogP contribution in [0.1, 0.15) is 25.0 Å². The Balaban J connectivity index is 1.95. The number of aryl methyl sites for hydroxylation is 1. The molecule has 0 aliphatic rings. The Kier molecular flexibility index (Phi) is 5.05. The Morgan fingerprint density at radius 2 is 1.45 bits per heavy atom. The van der Waals surface area contributed by atoms with E-state index in [1.807, 2.05) is 0 Å². The van der Waals surface area contributed by atoms with Gasteiger partial charge in [0.2, 0.25) is 0 Å². The quantitative estimate of drug-likeness (QED) is 0.832. The summed E-state index contributed by atoms with van der Waals surface area (Å²) in [5.74, 6) is 0. The van der Waals surface area contributed by atoms with Crippen molar-refractivity contribution in [2.75, 3.05) is 23.3 Å². The van der Waals surface area contributed by atoms with Gasteiger partial charge in [-0.3, -0.25) is 0 Å². The van der Waals surface area contributed by atoms with Crippen molar-refractivity contribution in [3.05, 3.63) is 59.7 Å². The van der Waals surface area contributed by atoms with Crippen LogP contribution in [0.5, 0.6) is 0 Å². The standard InChI is InChI=1S/C18H24N2/c1-4-20(5-2)18-12-10-17(11-13-18)19-14-16-8-6-15(3)7-9-16/h6-13,19H,4-5,14H2,1-3H3. The van der Waals surface area contributed by atoms with Crippen molar-refractivity contribution in [2.45, 2.75) is 27.3 Å². The molecular formula is C18H24N2. The maximum absolute atomic E-state index is 3.46. The third kappa shape index (κ3) is 3.77. The van der Waals surface area contributed by atoms with Gasteiger partial charge in [-0.05, 0) is 50.6 Å². The molecule has 2 rings (SSSR count). The lowest BCUT2D eigenvalue weighted by molar-refractivity contribution is 0.866. The zero-order valence-corrected chi connectivity index (χ0v) is 12.7. The maximum Gasteiger partial charge on any atom is 0.0400 e. The Labute approximate surface area is 122 Å². The highest BCUT2D eigenvalue weighted by Crippen LogP contribution is 2.18. The fraction of sp³-hybridized carbons (Fsp3) is 0.333. The van der Waals surface area contributed by atoms with Gasteiger partial charge in [-0.25, -0.2) is 0 Å². The van der Waals surface area contributed by atoms with Gasteiger partial charge in [0.15, 0.2) is 0 Å². The van der Waals surface area contributed by atoms with Gasteiger partial charge in [-0.1, -0.05) is 29.8 Å². The van der Waals surface area contributed by atoms with E-state index in [0.717, 1.165) is 19.6 Å². The van der Waals surface area contributed by atoms with E-state index in [0.29, 0.717) is 0 Å². The van der Waals surface area contributed by atoms with Crippen LogP contribution in [0.4, 0.5) is 11.4 Å². The van der Waals surface area contributed by atoms with Crippen LogP contribution < -0.4 is 10.2 Å². The predicted octanol–water partition coefficient (Wildman–Crippen LogP) is 4.45. The van der Waals surface area contributed by atoms with Gasteiger partial charge in [0.05, 0.1) is 0 Å². The average molecular weight is 268 g/mol. The first kappa shape index (κ1) is 14.4. The summed E-state index contributed by atoms with van der Waals surface area (Å²) in [6.07, 6.45) is 0. The SMILES string of the molecule is CCN(CC)c1ccc(NCc2ccc(C)cc2)cc1. The number of rotatable bonds is 6. The molecule has 106 valence electrons. The lowest BCUT2D eigenvalue weighted by atomic mass is 10.1. The lowest BCUT2D eigenvalue weighted by Crippen LogP contribution is -2.21. The molecule has 0 fully saturated rings. The summed E-state index contributed by atoms with van der Waals surface area (Å²) < 4.78 is 0. The smallest absolute Gasteiger partial charge is 0.0400 e. The Hall–Kier alpha value is -1.96. The number of nitrogens with zero attached hydrogens (tertiary/aromatic N) is 1. The Bertz CT molecular complexity index is 510. The van der Waals surface area contributed by atoms with Crippen LogP contribution in [0, 0.1) is 6.92 Å². The van der Waals surface area contributed by atoms with Crippen molar-refractivity contribution < 1.29 is 0 Å². The maximum atomic E-state index is 3.46. The highest BCUT2D eigenvalue weighted by atomic mass is 15.1. The number of hydrogen-bond acceptors (Lipinski definition) is 2. The van der Waals surface area contributed by atoms with Gasteiger partial charge < -0.3 is 10.2 Å². The fourth-order valence-corrected chi connectivity index (χ4v) is 2.29. The third-order valence-electron chi connectivity index (χ3n) is 3.61. The summed E-state index contributed by atoms with van der Waals surface area (Å²) in [7, 11) is 0. The number of benzene rings is 2. The molecule has 2 aromatic carbocycles. The van der Waals surface area contributed by atoms with E-state index in [9.17, 15) is 0 Å². The van der Waals surface area contributed by atoms with E-state index in [2.05, 4.69) is 79.5 Å². The molecule has 0 heterocycles. The van der Waals surface area contributed by atoms with Gasteiger partial charge in [-0.2, -0.15) is 0 Å². The van der Waals surface area contributed by atoms with Crippen molar-refractivity contribution in [1.82, 2.24) is 0 Å². The van der Waals surface area contributed by atoms with Crippen LogP contribution in [-0.4, -0.2) is 13.1 Å². The molecule has 2 aromatic rings. The van der Waals surface area contributed by atoms with E-state index in [-0.39, 0.29) is 0 Å². The summed E-state index contributed by atoms with van der Waals surface area (Å²) in [5.41, 5.74) is 5.07. The Morgan fingerprint density at radius 1 is 0.850 bits per heavy atom. The number of nitrogens with one attached hydrogen (secondary N) is 1. The molecule has 0 aromatic heterocycles. The first-order chi connectivity index (χ1) is 9.72. The second-order valence-electron chi connectivity index (χ2n) is 5.06. The number of hydrogen-bond donors (Lipinski definition) is 1. The largest absolute Gasteiger partial charge is 0.381 e. The molecule has 0 saturated carbocycles. The first-order valence-corrected chi connectivity index (χ1v) is 7.37. The first-order valence-electron chi connectivity index (χ1n) is 7.37. The molecule has 1 N–H and O–H groups in total. The van der Waals surface area contributed by atoms with Crippen molar-refractivity contribution in [2.24, 2.45) is 0 Å². The highest BCUT2D eigenvalue weighted by molar-refractivity contribution is 5.55. The summed E-state index contributed by atoms with van der Waals surface area (Å²) in [4.78, 5) is 2.35. The minimum Gasteiger partial charge on any atom is -0.381 e. The monoisotopic (exact) mass is 268 g/mol. The third-order valence-corrected chi connectivity index (χ3v) is 3.61. The summed E-state index contributed by atoms with van der Waals surface area (Å²) in [6.45, 7) is 9.45. The molecule has 0 amide bonds. The summed E-state index contributed by atoms with van der Waals surface area (Å²) in [5, 5.41) is 3.46. The zero-order valence-electron chi connectivity index (χ0n) is 12.7. The van der Waals surface area contributed by atoms with Gasteiger partial charge in [-0.15, -0.1) is 0 Å². The second kappa shape index (κ2) is 6.99. The van der Waals surface area contributed by atoms with Gasteiger partial charge in [0, 0.05) is 31.0 Å². The average Bonchev–Trinajstić information content (AvgIpc) is 2.49. The summed E-state index contributed by atoms with van der Waals surface area (Å²) >= 11 is 0. The van der Waals surface area contributed by atoms with Crippen molar-refractivity contribution >= 4 is 11.4 Å². The van der Waals surface area contributed by atoms with Crippen molar-refractivity contribution in [3.63, 3.8) is 0 Å². The Morgan fingerprint density at radius 3 is 2.00 bits per heavy atom. The molecule has 0 bridgehead atoms. The van der Waals surface area contributed by atoms with E-state index >= 15 is 0 Å². The zero-order chi connectivity index (χ0) is 14.4. The molecule has 0 radical (unpaired) electrons. The molecule has 0 saturated heterocycles. The minimum absolute atomic E-state index is 0.866. The van der Waals surface area contributed by atoms with E-state index in [1.165, 1.54) is 22.5 Å². The van der Waals surface area contributed by atoms with Crippen LogP contribution in [-0.2, 0) is 6.54 Å². The van der Waals surface area contributed by atoms with E-state index in [4.69, 9.17) is 0 Å². The fourth-order valence-electron chi connectivity index (χ4n) is 2.29. The van der Waals surface area contributed by atoms with Crippen LogP contribution in [0.2, 0.25) is 0 Å². The molecule has 20 heavy (non-hydrogen) atoms. The molecule has 0 aliphatic heterocycles. The van der Waals surface area contributed by atoms with Crippen LogP contribution in [0.3, 0.4) is 0 Å². The molecule has 0 atom stereocenters. The molecular weight excluding hydrogens is 244 g/mol. The lowest BCUT2D eigenvalue weighted by Gasteiger charge is -2.21. The topological polar surface area (TPSA) is 15.3 Å². The van der Waals surface area contributed by atoms with Gasteiger partial charge in [0.25, 0.3) is 0 Å². The number of anilines is 2. The predicted molar refractivity (Wildman–Crippen MR) is 88.5 cm³/mol. The van der Waals surface area contributed by atoms with E-state index in [1.54, 1.807) is 0 Å².